The zero-order valence-corrected chi connectivity index (χ0v) is 18.1. The molecule has 3 rings (SSSR count). The van der Waals surface area contributed by atoms with Crippen molar-refractivity contribution in [3.63, 3.8) is 0 Å². The molecule has 0 spiro atoms. The van der Waals surface area contributed by atoms with E-state index in [1.807, 2.05) is 30.3 Å². The second-order valence-electron chi connectivity index (χ2n) is 6.79. The predicted octanol–water partition coefficient (Wildman–Crippen LogP) is 2.24. The third-order valence-corrected chi connectivity index (χ3v) is 4.94. The van der Waals surface area contributed by atoms with Crippen LogP contribution in [-0.4, -0.2) is 60.9 Å². The molecule has 1 saturated heterocycles. The second kappa shape index (κ2) is 12.5. The molecule has 6 nitrogen and oxygen atoms in total. The molecule has 0 aromatic heterocycles. The van der Waals surface area contributed by atoms with Crippen molar-refractivity contribution in [2.75, 3.05) is 39.3 Å². The van der Waals surface area contributed by atoms with E-state index in [0.29, 0.717) is 39.3 Å². The molecule has 0 saturated carbocycles. The lowest BCUT2D eigenvalue weighted by molar-refractivity contribution is -0.134. The topological polar surface area (TPSA) is 78.7 Å². The van der Waals surface area contributed by atoms with Crippen molar-refractivity contribution < 1.29 is 14.0 Å². The number of hydrogen-bond acceptors (Lipinski definition) is 4. The van der Waals surface area contributed by atoms with Gasteiger partial charge in [0, 0.05) is 39.3 Å². The highest BCUT2D eigenvalue weighted by Crippen LogP contribution is 2.14. The standard InChI is InChI=1S/C21H25FN4O2.2ClH/c22-18-9-5-4-8-17(18)20(27)24-10-11-25-12-14-26(15-13-25)21(28)19(23)16-6-2-1-3-7-16;;/h1-9,19H,10-15,23H2,(H,24,27);2*1H. The van der Waals surface area contributed by atoms with Gasteiger partial charge in [0.05, 0.1) is 5.56 Å². The first-order valence-corrected chi connectivity index (χ1v) is 9.40. The predicted molar refractivity (Wildman–Crippen MR) is 120 cm³/mol. The number of benzene rings is 2. The molecule has 1 unspecified atom stereocenters. The van der Waals surface area contributed by atoms with Gasteiger partial charge in [-0.1, -0.05) is 42.5 Å². The van der Waals surface area contributed by atoms with E-state index in [4.69, 9.17) is 5.73 Å². The van der Waals surface area contributed by atoms with Crippen LogP contribution in [0.1, 0.15) is 22.0 Å². The van der Waals surface area contributed by atoms with Crippen LogP contribution in [0.4, 0.5) is 4.39 Å². The monoisotopic (exact) mass is 456 g/mol. The lowest BCUT2D eigenvalue weighted by Crippen LogP contribution is -2.52. The Labute approximate surface area is 188 Å². The molecule has 1 aliphatic rings. The molecule has 1 aliphatic heterocycles. The molecule has 2 amide bonds. The summed E-state index contributed by atoms with van der Waals surface area (Å²) in [5, 5.41) is 2.74. The number of nitrogens with two attached hydrogens (primary N) is 1. The molecule has 164 valence electrons. The summed E-state index contributed by atoms with van der Waals surface area (Å²) in [5.74, 6) is -1.01. The van der Waals surface area contributed by atoms with Gasteiger partial charge in [-0.2, -0.15) is 0 Å². The van der Waals surface area contributed by atoms with Crippen molar-refractivity contribution in [1.29, 1.82) is 0 Å². The van der Waals surface area contributed by atoms with E-state index in [0.717, 1.165) is 5.56 Å². The fourth-order valence-corrected chi connectivity index (χ4v) is 3.26. The maximum absolute atomic E-state index is 13.6. The van der Waals surface area contributed by atoms with Crippen LogP contribution in [0, 0.1) is 5.82 Å². The number of halogens is 3. The van der Waals surface area contributed by atoms with E-state index in [1.54, 1.807) is 17.0 Å². The largest absolute Gasteiger partial charge is 0.351 e. The Morgan fingerprint density at radius 2 is 1.57 bits per heavy atom. The molecule has 2 aromatic rings. The quantitative estimate of drug-likeness (QED) is 0.698. The molecular formula is C21H27Cl2FN4O2. The summed E-state index contributed by atoms with van der Waals surface area (Å²) in [6.07, 6.45) is 0. The van der Waals surface area contributed by atoms with Crippen LogP contribution in [0.2, 0.25) is 0 Å². The zero-order valence-electron chi connectivity index (χ0n) is 16.5. The van der Waals surface area contributed by atoms with Gasteiger partial charge < -0.3 is 16.0 Å². The third-order valence-electron chi connectivity index (χ3n) is 4.94. The summed E-state index contributed by atoms with van der Waals surface area (Å²) < 4.78 is 13.6. The van der Waals surface area contributed by atoms with Gasteiger partial charge in [0.15, 0.2) is 0 Å². The van der Waals surface area contributed by atoms with Gasteiger partial charge in [0.1, 0.15) is 11.9 Å². The molecule has 0 radical (unpaired) electrons. The Balaban J connectivity index is 0.00000225. The first-order valence-electron chi connectivity index (χ1n) is 9.40. The van der Waals surface area contributed by atoms with Gasteiger partial charge in [0.2, 0.25) is 5.91 Å². The molecule has 9 heteroatoms. The fraction of sp³-hybridized carbons (Fsp3) is 0.333. The maximum atomic E-state index is 13.6. The van der Waals surface area contributed by atoms with E-state index < -0.39 is 17.8 Å². The average Bonchev–Trinajstić information content (AvgIpc) is 2.74. The van der Waals surface area contributed by atoms with E-state index in [1.165, 1.54) is 12.1 Å². The number of nitrogens with zero attached hydrogens (tertiary/aromatic N) is 2. The van der Waals surface area contributed by atoms with Gasteiger partial charge >= 0.3 is 0 Å². The summed E-state index contributed by atoms with van der Waals surface area (Å²) in [7, 11) is 0. The Kier molecular flexibility index (Phi) is 10.8. The highest BCUT2D eigenvalue weighted by Gasteiger charge is 2.26. The lowest BCUT2D eigenvalue weighted by Gasteiger charge is -2.36. The lowest BCUT2D eigenvalue weighted by atomic mass is 10.1. The van der Waals surface area contributed by atoms with Gasteiger partial charge in [-0.3, -0.25) is 14.5 Å². The Morgan fingerprint density at radius 1 is 0.967 bits per heavy atom. The first kappa shape index (κ1) is 25.8. The summed E-state index contributed by atoms with van der Waals surface area (Å²) >= 11 is 0. The van der Waals surface area contributed by atoms with Crippen LogP contribution < -0.4 is 11.1 Å². The van der Waals surface area contributed by atoms with Gasteiger partial charge in [-0.05, 0) is 17.7 Å². The number of piperazine rings is 1. The molecule has 1 heterocycles. The SMILES string of the molecule is Cl.Cl.NC(C(=O)N1CCN(CCNC(=O)c2ccccc2F)CC1)c1ccccc1. The number of rotatable bonds is 6. The van der Waals surface area contributed by atoms with E-state index in [2.05, 4.69) is 10.2 Å². The molecule has 0 aliphatic carbocycles. The van der Waals surface area contributed by atoms with Crippen molar-refractivity contribution in [2.45, 2.75) is 6.04 Å². The van der Waals surface area contributed by atoms with Crippen molar-refractivity contribution in [1.82, 2.24) is 15.1 Å². The number of amides is 2. The number of carbonyl (C=O) groups excluding carboxylic acids is 2. The van der Waals surface area contributed by atoms with Crippen LogP contribution in [-0.2, 0) is 4.79 Å². The summed E-state index contributed by atoms with van der Waals surface area (Å²) in [6, 6.07) is 14.6. The summed E-state index contributed by atoms with van der Waals surface area (Å²) in [5.41, 5.74) is 6.96. The Morgan fingerprint density at radius 3 is 2.20 bits per heavy atom. The molecule has 1 fully saturated rings. The van der Waals surface area contributed by atoms with Crippen molar-refractivity contribution >= 4 is 36.6 Å². The summed E-state index contributed by atoms with van der Waals surface area (Å²) in [4.78, 5) is 28.6. The Bertz CT molecular complexity index is 818. The van der Waals surface area contributed by atoms with Gasteiger partial charge in [-0.25, -0.2) is 4.39 Å². The molecule has 30 heavy (non-hydrogen) atoms. The summed E-state index contributed by atoms with van der Waals surface area (Å²) in [6.45, 7) is 3.69. The molecule has 2 aromatic carbocycles. The minimum Gasteiger partial charge on any atom is -0.351 e. The molecular weight excluding hydrogens is 430 g/mol. The fourth-order valence-electron chi connectivity index (χ4n) is 3.26. The van der Waals surface area contributed by atoms with Crippen LogP contribution >= 0.6 is 24.8 Å². The van der Waals surface area contributed by atoms with Gasteiger partial charge in [0.25, 0.3) is 5.91 Å². The molecule has 0 bridgehead atoms. The van der Waals surface area contributed by atoms with Gasteiger partial charge in [-0.15, -0.1) is 24.8 Å². The average molecular weight is 457 g/mol. The van der Waals surface area contributed by atoms with E-state index in [-0.39, 0.29) is 36.3 Å². The van der Waals surface area contributed by atoms with E-state index in [9.17, 15) is 14.0 Å². The second-order valence-corrected chi connectivity index (χ2v) is 6.79. The number of hydrogen-bond donors (Lipinski definition) is 2. The van der Waals surface area contributed by atoms with Crippen LogP contribution in [0.3, 0.4) is 0 Å². The van der Waals surface area contributed by atoms with Crippen molar-refractivity contribution in [3.05, 3.63) is 71.5 Å². The highest BCUT2D eigenvalue weighted by molar-refractivity contribution is 5.94. The van der Waals surface area contributed by atoms with Crippen LogP contribution in [0.25, 0.3) is 0 Å². The zero-order chi connectivity index (χ0) is 19.9. The minimum atomic E-state index is -0.646. The van der Waals surface area contributed by atoms with E-state index >= 15 is 0 Å². The molecule has 3 N–H and O–H groups in total. The van der Waals surface area contributed by atoms with Crippen LogP contribution in [0.5, 0.6) is 0 Å². The smallest absolute Gasteiger partial charge is 0.254 e. The maximum Gasteiger partial charge on any atom is 0.254 e. The number of nitrogens with one attached hydrogen (secondary N) is 1. The third kappa shape index (κ3) is 6.67. The normalized spacial score (nSPS) is 14.8. The van der Waals surface area contributed by atoms with Crippen molar-refractivity contribution in [3.8, 4) is 0 Å². The minimum absolute atomic E-state index is 0. The van der Waals surface area contributed by atoms with Crippen molar-refractivity contribution in [2.24, 2.45) is 5.73 Å². The number of carbonyl (C=O) groups is 2. The Hall–Kier alpha value is -2.19. The first-order chi connectivity index (χ1) is 13.6. The molecule has 1 atom stereocenters. The highest BCUT2D eigenvalue weighted by atomic mass is 35.5. The van der Waals surface area contributed by atoms with Crippen LogP contribution in [0.15, 0.2) is 54.6 Å².